The molecule has 1 amide bonds. The van der Waals surface area contributed by atoms with Gasteiger partial charge in [-0.05, 0) is 56.7 Å². The Bertz CT molecular complexity index is 1160. The average molecular weight is 456 g/mol. The molecule has 0 spiro atoms. The number of amides is 1. The topological polar surface area (TPSA) is 131 Å². The minimum atomic E-state index is -3.78. The zero-order valence-electron chi connectivity index (χ0n) is 17.3. The Hall–Kier alpha value is -2.63. The van der Waals surface area contributed by atoms with Crippen LogP contribution in [0.15, 0.2) is 41.3 Å². The lowest BCUT2D eigenvalue weighted by atomic mass is 10.1. The summed E-state index contributed by atoms with van der Waals surface area (Å²) in [6.07, 6.45) is 1.02. The number of rotatable bonds is 8. The third-order valence-corrected chi connectivity index (χ3v) is 6.24. The highest BCUT2D eigenvalue weighted by molar-refractivity contribution is 7.92. The van der Waals surface area contributed by atoms with Crippen LogP contribution in [0.5, 0.6) is 5.75 Å². The summed E-state index contributed by atoms with van der Waals surface area (Å²) in [6.45, 7) is 5.00. The van der Waals surface area contributed by atoms with E-state index in [2.05, 4.69) is 14.8 Å². The van der Waals surface area contributed by atoms with Gasteiger partial charge in [0, 0.05) is 11.6 Å². The molecule has 0 saturated heterocycles. The van der Waals surface area contributed by atoms with E-state index in [0.29, 0.717) is 5.56 Å². The predicted octanol–water partition coefficient (Wildman–Crippen LogP) is 2.31. The van der Waals surface area contributed by atoms with Crippen molar-refractivity contribution in [1.29, 1.82) is 0 Å². The molecule has 0 fully saturated rings. The van der Waals surface area contributed by atoms with E-state index >= 15 is 0 Å². The van der Waals surface area contributed by atoms with Crippen LogP contribution in [0.3, 0.4) is 0 Å². The van der Waals surface area contributed by atoms with E-state index in [1.807, 2.05) is 0 Å². The Labute approximate surface area is 176 Å². The molecule has 0 unspecified atom stereocenters. The van der Waals surface area contributed by atoms with Gasteiger partial charge in [0.1, 0.15) is 5.75 Å². The summed E-state index contributed by atoms with van der Waals surface area (Å²) in [7, 11) is -5.90. The smallest absolute Gasteiger partial charge is 0.256 e. The lowest BCUT2D eigenvalue weighted by Gasteiger charge is -2.15. The first-order valence-corrected chi connectivity index (χ1v) is 12.3. The molecule has 30 heavy (non-hydrogen) atoms. The molecule has 0 aliphatic heterocycles. The summed E-state index contributed by atoms with van der Waals surface area (Å²) in [5, 5.41) is 2.64. The molecule has 0 bridgehead atoms. The Morgan fingerprint density at radius 2 is 1.70 bits per heavy atom. The molecule has 2 rings (SSSR count). The SMILES string of the molecule is COc1ccc(S(=O)(=O)NC(C)C)cc1NC(=O)c1cccc(NS(C)(=O)=O)c1C. The van der Waals surface area contributed by atoms with Crippen molar-refractivity contribution in [2.24, 2.45) is 0 Å². The Balaban J connectivity index is 2.41. The van der Waals surface area contributed by atoms with E-state index in [-0.39, 0.29) is 33.6 Å². The fourth-order valence-electron chi connectivity index (χ4n) is 2.71. The summed E-state index contributed by atoms with van der Waals surface area (Å²) in [6, 6.07) is 8.43. The van der Waals surface area contributed by atoms with Crippen LogP contribution < -0.4 is 19.5 Å². The monoisotopic (exact) mass is 455 g/mol. The molecule has 0 atom stereocenters. The van der Waals surface area contributed by atoms with Gasteiger partial charge in [0.05, 0.1) is 29.6 Å². The first-order chi connectivity index (χ1) is 13.8. The van der Waals surface area contributed by atoms with Gasteiger partial charge in [-0.1, -0.05) is 6.07 Å². The van der Waals surface area contributed by atoms with E-state index < -0.39 is 26.0 Å². The summed E-state index contributed by atoms with van der Waals surface area (Å²) in [4.78, 5) is 12.8. The van der Waals surface area contributed by atoms with E-state index in [9.17, 15) is 21.6 Å². The number of sulfonamides is 2. The van der Waals surface area contributed by atoms with Crippen molar-refractivity contribution < 1.29 is 26.4 Å². The van der Waals surface area contributed by atoms with Crippen LogP contribution in [0.1, 0.15) is 29.8 Å². The number of carbonyl (C=O) groups is 1. The second kappa shape index (κ2) is 9.02. The van der Waals surface area contributed by atoms with Crippen LogP contribution in [0, 0.1) is 6.92 Å². The molecule has 3 N–H and O–H groups in total. The molecule has 0 aliphatic rings. The number of ether oxygens (including phenoxy) is 1. The van der Waals surface area contributed by atoms with E-state index in [0.717, 1.165) is 6.26 Å². The molecule has 164 valence electrons. The van der Waals surface area contributed by atoms with E-state index in [4.69, 9.17) is 4.74 Å². The fraction of sp³-hybridized carbons (Fsp3) is 0.316. The van der Waals surface area contributed by atoms with Gasteiger partial charge in [0.2, 0.25) is 20.0 Å². The molecular weight excluding hydrogens is 430 g/mol. The third-order valence-electron chi connectivity index (χ3n) is 3.99. The maximum absolute atomic E-state index is 12.9. The quantitative estimate of drug-likeness (QED) is 0.560. The van der Waals surface area contributed by atoms with Crippen molar-refractivity contribution in [3.63, 3.8) is 0 Å². The van der Waals surface area contributed by atoms with Gasteiger partial charge in [-0.2, -0.15) is 0 Å². The molecule has 11 heteroatoms. The van der Waals surface area contributed by atoms with Crippen LogP contribution in [-0.4, -0.2) is 42.2 Å². The molecule has 0 aliphatic carbocycles. The van der Waals surface area contributed by atoms with Crippen molar-refractivity contribution >= 4 is 37.3 Å². The van der Waals surface area contributed by atoms with Gasteiger partial charge in [-0.15, -0.1) is 0 Å². The van der Waals surface area contributed by atoms with Gasteiger partial charge >= 0.3 is 0 Å². The standard InChI is InChI=1S/C19H25N3O6S2/c1-12(2)21-30(26,27)14-9-10-18(28-4)17(11-14)20-19(23)15-7-6-8-16(13(15)3)22-29(5,24)25/h6-12,21-22H,1-5H3,(H,20,23). The van der Waals surface area contributed by atoms with Crippen LogP contribution in [0.2, 0.25) is 0 Å². The zero-order valence-corrected chi connectivity index (χ0v) is 18.9. The normalized spacial score (nSPS) is 11.9. The fourth-order valence-corrected chi connectivity index (χ4v) is 4.61. The van der Waals surface area contributed by atoms with Crippen LogP contribution in [-0.2, 0) is 20.0 Å². The number of carbonyl (C=O) groups excluding carboxylic acids is 1. The molecule has 0 heterocycles. The largest absolute Gasteiger partial charge is 0.495 e. The molecule has 0 aromatic heterocycles. The third kappa shape index (κ3) is 5.94. The first kappa shape index (κ1) is 23.6. The first-order valence-electron chi connectivity index (χ1n) is 8.93. The zero-order chi connectivity index (χ0) is 22.7. The maximum Gasteiger partial charge on any atom is 0.256 e. The highest BCUT2D eigenvalue weighted by Gasteiger charge is 2.20. The predicted molar refractivity (Wildman–Crippen MR) is 116 cm³/mol. The van der Waals surface area contributed by atoms with E-state index in [1.54, 1.807) is 32.9 Å². The highest BCUT2D eigenvalue weighted by atomic mass is 32.2. The summed E-state index contributed by atoms with van der Waals surface area (Å²) < 4.78 is 58.0. The van der Waals surface area contributed by atoms with Crippen LogP contribution in [0.4, 0.5) is 11.4 Å². The molecule has 2 aromatic rings. The molecular formula is C19H25N3O6S2. The molecule has 9 nitrogen and oxygen atoms in total. The highest BCUT2D eigenvalue weighted by Crippen LogP contribution is 2.29. The lowest BCUT2D eigenvalue weighted by Crippen LogP contribution is -2.30. The van der Waals surface area contributed by atoms with Crippen molar-refractivity contribution in [2.75, 3.05) is 23.4 Å². The Morgan fingerprint density at radius 3 is 2.27 bits per heavy atom. The summed E-state index contributed by atoms with van der Waals surface area (Å²) in [5.41, 5.74) is 1.08. The Morgan fingerprint density at radius 1 is 1.03 bits per heavy atom. The maximum atomic E-state index is 12.9. The van der Waals surface area contributed by atoms with Gasteiger partial charge in [-0.3, -0.25) is 9.52 Å². The lowest BCUT2D eigenvalue weighted by molar-refractivity contribution is 0.102. The van der Waals surface area contributed by atoms with Crippen molar-refractivity contribution in [3.8, 4) is 5.75 Å². The minimum Gasteiger partial charge on any atom is -0.495 e. The van der Waals surface area contributed by atoms with Crippen LogP contribution >= 0.6 is 0 Å². The van der Waals surface area contributed by atoms with Crippen LogP contribution in [0.25, 0.3) is 0 Å². The van der Waals surface area contributed by atoms with E-state index in [1.165, 1.54) is 31.4 Å². The Kier molecular flexibility index (Phi) is 7.11. The van der Waals surface area contributed by atoms with Gasteiger partial charge in [-0.25, -0.2) is 21.6 Å². The second-order valence-electron chi connectivity index (χ2n) is 6.94. The summed E-state index contributed by atoms with van der Waals surface area (Å²) >= 11 is 0. The number of hydrogen-bond donors (Lipinski definition) is 3. The average Bonchev–Trinajstić information content (AvgIpc) is 2.61. The molecule has 0 saturated carbocycles. The number of hydrogen-bond acceptors (Lipinski definition) is 6. The van der Waals surface area contributed by atoms with Crippen molar-refractivity contribution in [1.82, 2.24) is 4.72 Å². The number of methoxy groups -OCH3 is 1. The summed E-state index contributed by atoms with van der Waals surface area (Å²) in [5.74, 6) is -0.274. The van der Waals surface area contributed by atoms with Crippen molar-refractivity contribution in [2.45, 2.75) is 31.7 Å². The molecule has 2 aromatic carbocycles. The van der Waals surface area contributed by atoms with Crippen molar-refractivity contribution in [3.05, 3.63) is 47.5 Å². The van der Waals surface area contributed by atoms with Gasteiger partial charge in [0.25, 0.3) is 5.91 Å². The van der Waals surface area contributed by atoms with Gasteiger partial charge in [0.15, 0.2) is 0 Å². The number of anilines is 2. The second-order valence-corrected chi connectivity index (χ2v) is 10.4. The molecule has 0 radical (unpaired) electrons. The number of benzene rings is 2. The minimum absolute atomic E-state index is 0.0310. The van der Waals surface area contributed by atoms with Gasteiger partial charge < -0.3 is 10.1 Å². The number of nitrogens with one attached hydrogen (secondary N) is 3.